The van der Waals surface area contributed by atoms with Gasteiger partial charge in [-0.3, -0.25) is 4.98 Å². The van der Waals surface area contributed by atoms with E-state index in [2.05, 4.69) is 4.98 Å². The number of rotatable bonds is 4. The molecular formula is C14H17NO2. The van der Waals surface area contributed by atoms with Crippen molar-refractivity contribution in [2.45, 2.75) is 19.4 Å². The summed E-state index contributed by atoms with van der Waals surface area (Å²) in [5, 5.41) is 11.5. The zero-order valence-electron chi connectivity index (χ0n) is 10.2. The maximum Gasteiger partial charge on any atom is 0.112 e. The zero-order valence-corrected chi connectivity index (χ0v) is 10.2. The van der Waals surface area contributed by atoms with Gasteiger partial charge in [0.15, 0.2) is 0 Å². The van der Waals surface area contributed by atoms with Crippen LogP contribution in [0, 0.1) is 0 Å². The van der Waals surface area contributed by atoms with Gasteiger partial charge in [0.05, 0.1) is 12.1 Å². The standard InChI is InChI=1S/C14H17NO2/c1-3-17-10-14(2,16)12-8-4-6-11-7-5-9-15-13(11)12/h4-9,16H,3,10H2,1-2H3. The lowest BCUT2D eigenvalue weighted by molar-refractivity contribution is -0.0334. The molecule has 90 valence electrons. The first-order chi connectivity index (χ1) is 8.15. The van der Waals surface area contributed by atoms with Gasteiger partial charge in [-0.1, -0.05) is 24.3 Å². The van der Waals surface area contributed by atoms with Crippen LogP contribution in [-0.2, 0) is 10.3 Å². The molecule has 2 rings (SSSR count). The molecule has 1 N–H and O–H groups in total. The number of para-hydroxylation sites is 1. The third-order valence-electron chi connectivity index (χ3n) is 2.80. The third kappa shape index (κ3) is 2.46. The van der Waals surface area contributed by atoms with Gasteiger partial charge < -0.3 is 9.84 Å². The molecule has 0 saturated heterocycles. The number of fused-ring (bicyclic) bond motifs is 1. The highest BCUT2D eigenvalue weighted by Gasteiger charge is 2.25. The monoisotopic (exact) mass is 231 g/mol. The molecule has 0 amide bonds. The average molecular weight is 231 g/mol. The largest absolute Gasteiger partial charge is 0.383 e. The summed E-state index contributed by atoms with van der Waals surface area (Å²) in [6, 6.07) is 9.70. The highest BCUT2D eigenvalue weighted by molar-refractivity contribution is 5.82. The van der Waals surface area contributed by atoms with Crippen LogP contribution >= 0.6 is 0 Å². The van der Waals surface area contributed by atoms with E-state index in [1.165, 1.54) is 0 Å². The Labute approximate surface area is 101 Å². The van der Waals surface area contributed by atoms with Crippen molar-refractivity contribution in [3.05, 3.63) is 42.1 Å². The normalized spacial score (nSPS) is 14.8. The molecule has 0 fully saturated rings. The van der Waals surface area contributed by atoms with Crippen LogP contribution in [0.2, 0.25) is 0 Å². The number of nitrogens with zero attached hydrogens (tertiary/aromatic N) is 1. The van der Waals surface area contributed by atoms with Crippen molar-refractivity contribution < 1.29 is 9.84 Å². The Morgan fingerprint density at radius 2 is 2.06 bits per heavy atom. The van der Waals surface area contributed by atoms with Crippen molar-refractivity contribution in [2.75, 3.05) is 13.2 Å². The first kappa shape index (κ1) is 12.0. The molecule has 0 aliphatic heterocycles. The fraction of sp³-hybridized carbons (Fsp3) is 0.357. The second-order valence-electron chi connectivity index (χ2n) is 4.29. The fourth-order valence-corrected chi connectivity index (χ4v) is 1.92. The highest BCUT2D eigenvalue weighted by Crippen LogP contribution is 2.27. The number of ether oxygens (including phenoxy) is 1. The molecule has 0 saturated carbocycles. The van der Waals surface area contributed by atoms with E-state index in [1.807, 2.05) is 37.3 Å². The Kier molecular flexibility index (Phi) is 3.41. The second-order valence-corrected chi connectivity index (χ2v) is 4.29. The van der Waals surface area contributed by atoms with Gasteiger partial charge in [0.2, 0.25) is 0 Å². The van der Waals surface area contributed by atoms with Crippen LogP contribution in [0.5, 0.6) is 0 Å². The molecule has 0 aliphatic rings. The molecule has 1 aromatic carbocycles. The molecular weight excluding hydrogens is 214 g/mol. The molecule has 3 heteroatoms. The van der Waals surface area contributed by atoms with Crippen LogP contribution in [0.3, 0.4) is 0 Å². The summed E-state index contributed by atoms with van der Waals surface area (Å²) in [4.78, 5) is 4.34. The summed E-state index contributed by atoms with van der Waals surface area (Å²) in [5.41, 5.74) is 0.632. The van der Waals surface area contributed by atoms with Crippen LogP contribution in [0.1, 0.15) is 19.4 Å². The molecule has 2 aromatic rings. The number of aromatic nitrogens is 1. The van der Waals surface area contributed by atoms with E-state index in [-0.39, 0.29) is 6.61 Å². The van der Waals surface area contributed by atoms with E-state index in [1.54, 1.807) is 13.1 Å². The second kappa shape index (κ2) is 4.82. The van der Waals surface area contributed by atoms with Crippen molar-refractivity contribution in [1.29, 1.82) is 0 Å². The van der Waals surface area contributed by atoms with Gasteiger partial charge in [0, 0.05) is 23.8 Å². The molecule has 3 nitrogen and oxygen atoms in total. The average Bonchev–Trinajstić information content (AvgIpc) is 2.36. The van der Waals surface area contributed by atoms with E-state index in [0.717, 1.165) is 16.5 Å². The van der Waals surface area contributed by atoms with Gasteiger partial charge in [-0.05, 0) is 19.9 Å². The van der Waals surface area contributed by atoms with Crippen LogP contribution < -0.4 is 0 Å². The molecule has 1 atom stereocenters. The summed E-state index contributed by atoms with van der Waals surface area (Å²) in [7, 11) is 0. The fourth-order valence-electron chi connectivity index (χ4n) is 1.92. The molecule has 0 bridgehead atoms. The predicted octanol–water partition coefficient (Wildman–Crippen LogP) is 2.48. The molecule has 1 aromatic heterocycles. The minimum atomic E-state index is -1.01. The molecule has 0 spiro atoms. The van der Waals surface area contributed by atoms with E-state index >= 15 is 0 Å². The van der Waals surface area contributed by atoms with Crippen LogP contribution in [0.15, 0.2) is 36.5 Å². The maximum atomic E-state index is 10.4. The lowest BCUT2D eigenvalue weighted by atomic mass is 9.94. The third-order valence-corrected chi connectivity index (χ3v) is 2.80. The Bertz CT molecular complexity index is 503. The van der Waals surface area contributed by atoms with Crippen LogP contribution in [0.25, 0.3) is 10.9 Å². The Morgan fingerprint density at radius 3 is 2.82 bits per heavy atom. The van der Waals surface area contributed by atoms with E-state index < -0.39 is 5.60 Å². The highest BCUT2D eigenvalue weighted by atomic mass is 16.5. The van der Waals surface area contributed by atoms with Gasteiger partial charge in [0.1, 0.15) is 5.60 Å². The van der Waals surface area contributed by atoms with Gasteiger partial charge in [-0.15, -0.1) is 0 Å². The summed E-state index contributed by atoms with van der Waals surface area (Å²) in [6.45, 7) is 4.54. The lowest BCUT2D eigenvalue weighted by Crippen LogP contribution is -2.28. The van der Waals surface area contributed by atoms with Gasteiger partial charge >= 0.3 is 0 Å². The minimum absolute atomic E-state index is 0.277. The van der Waals surface area contributed by atoms with E-state index in [4.69, 9.17) is 4.74 Å². The van der Waals surface area contributed by atoms with Crippen molar-refractivity contribution in [3.8, 4) is 0 Å². The van der Waals surface area contributed by atoms with Crippen LogP contribution in [-0.4, -0.2) is 23.3 Å². The lowest BCUT2D eigenvalue weighted by Gasteiger charge is -2.24. The topological polar surface area (TPSA) is 42.4 Å². The van der Waals surface area contributed by atoms with Crippen LogP contribution in [0.4, 0.5) is 0 Å². The number of hydrogen-bond donors (Lipinski definition) is 1. The number of benzene rings is 1. The summed E-state index contributed by atoms with van der Waals surface area (Å²) in [5.74, 6) is 0. The molecule has 1 unspecified atom stereocenters. The van der Waals surface area contributed by atoms with E-state index in [0.29, 0.717) is 6.61 Å². The molecule has 0 aliphatic carbocycles. The van der Waals surface area contributed by atoms with Crippen molar-refractivity contribution in [3.63, 3.8) is 0 Å². The van der Waals surface area contributed by atoms with Crippen molar-refractivity contribution >= 4 is 10.9 Å². The smallest absolute Gasteiger partial charge is 0.112 e. The number of pyridine rings is 1. The van der Waals surface area contributed by atoms with Gasteiger partial charge in [-0.25, -0.2) is 0 Å². The summed E-state index contributed by atoms with van der Waals surface area (Å²) >= 11 is 0. The molecule has 17 heavy (non-hydrogen) atoms. The summed E-state index contributed by atoms with van der Waals surface area (Å²) in [6.07, 6.45) is 1.74. The predicted molar refractivity (Wildman–Crippen MR) is 67.8 cm³/mol. The number of aliphatic hydroxyl groups is 1. The molecule has 1 heterocycles. The first-order valence-corrected chi connectivity index (χ1v) is 5.79. The van der Waals surface area contributed by atoms with Crippen molar-refractivity contribution in [2.24, 2.45) is 0 Å². The SMILES string of the molecule is CCOCC(C)(O)c1cccc2cccnc12. The summed E-state index contributed by atoms with van der Waals surface area (Å²) < 4.78 is 5.32. The Balaban J connectivity index is 2.47. The van der Waals surface area contributed by atoms with Gasteiger partial charge in [-0.2, -0.15) is 0 Å². The minimum Gasteiger partial charge on any atom is -0.383 e. The zero-order chi connectivity index (χ0) is 12.3. The maximum absolute atomic E-state index is 10.4. The van der Waals surface area contributed by atoms with Gasteiger partial charge in [0.25, 0.3) is 0 Å². The molecule has 0 radical (unpaired) electrons. The quantitative estimate of drug-likeness (QED) is 0.879. The van der Waals surface area contributed by atoms with Crippen molar-refractivity contribution in [1.82, 2.24) is 4.98 Å². The Hall–Kier alpha value is -1.45. The Morgan fingerprint density at radius 1 is 1.29 bits per heavy atom. The first-order valence-electron chi connectivity index (χ1n) is 5.79. The van der Waals surface area contributed by atoms with E-state index in [9.17, 15) is 5.11 Å². The number of hydrogen-bond acceptors (Lipinski definition) is 3.